The van der Waals surface area contributed by atoms with Crippen LogP contribution in [0.2, 0.25) is 0 Å². The number of hydrogen-bond donors (Lipinski definition) is 1. The number of aryl methyl sites for hydroxylation is 2. The van der Waals surface area contributed by atoms with Crippen molar-refractivity contribution in [1.29, 1.82) is 0 Å². The van der Waals surface area contributed by atoms with Crippen molar-refractivity contribution in [2.75, 3.05) is 6.54 Å². The highest BCUT2D eigenvalue weighted by molar-refractivity contribution is 5.24. The summed E-state index contributed by atoms with van der Waals surface area (Å²) in [6.07, 6.45) is 0. The van der Waals surface area contributed by atoms with Crippen LogP contribution in [0.25, 0.3) is 0 Å². The van der Waals surface area contributed by atoms with Crippen molar-refractivity contribution in [3.8, 4) is 0 Å². The predicted octanol–water partition coefficient (Wildman–Crippen LogP) is 2.93. The van der Waals surface area contributed by atoms with Crippen molar-refractivity contribution in [2.45, 2.75) is 33.2 Å². The molecule has 19 heavy (non-hydrogen) atoms. The molecule has 0 radical (unpaired) electrons. The summed E-state index contributed by atoms with van der Waals surface area (Å²) in [5, 5.41) is 7.98. The second-order valence-corrected chi connectivity index (χ2v) is 5.22. The lowest BCUT2D eigenvalue weighted by molar-refractivity contribution is 0.612. The number of rotatable bonds is 5. The lowest BCUT2D eigenvalue weighted by Crippen LogP contribution is -2.20. The Labute approximate surface area is 115 Å². The van der Waals surface area contributed by atoms with Gasteiger partial charge in [0, 0.05) is 31.4 Å². The van der Waals surface area contributed by atoms with Crippen LogP contribution in [-0.2, 0) is 13.6 Å². The first-order chi connectivity index (χ1) is 9.09. The zero-order valence-electron chi connectivity index (χ0n) is 12.3. The van der Waals surface area contributed by atoms with Gasteiger partial charge in [0.15, 0.2) is 0 Å². The summed E-state index contributed by atoms with van der Waals surface area (Å²) in [5.41, 5.74) is 5.08. The van der Waals surface area contributed by atoms with Gasteiger partial charge in [0.25, 0.3) is 0 Å². The summed E-state index contributed by atoms with van der Waals surface area (Å²) < 4.78 is 1.95. The molecular weight excluding hydrogens is 234 g/mol. The van der Waals surface area contributed by atoms with Gasteiger partial charge in [-0.05, 0) is 25.3 Å². The normalized spacial score (nSPS) is 12.6. The van der Waals surface area contributed by atoms with Crippen LogP contribution < -0.4 is 5.32 Å². The zero-order valence-corrected chi connectivity index (χ0v) is 12.3. The standard InChI is InChI=1S/C16H23N3/c1-12(15-8-6-5-7-9-15)10-17-11-16-13(2)18-19(4)14(16)3/h5-9,12,17H,10-11H2,1-4H3. The fourth-order valence-corrected chi connectivity index (χ4v) is 2.39. The summed E-state index contributed by atoms with van der Waals surface area (Å²) in [6, 6.07) is 10.6. The van der Waals surface area contributed by atoms with Crippen LogP contribution in [0.1, 0.15) is 35.4 Å². The third kappa shape index (κ3) is 3.24. The maximum absolute atomic E-state index is 4.44. The molecule has 0 saturated carbocycles. The van der Waals surface area contributed by atoms with Gasteiger partial charge in [0.2, 0.25) is 0 Å². The highest BCUT2D eigenvalue weighted by Gasteiger charge is 2.10. The van der Waals surface area contributed by atoms with E-state index in [1.54, 1.807) is 0 Å². The third-order valence-electron chi connectivity index (χ3n) is 3.78. The van der Waals surface area contributed by atoms with Crippen molar-refractivity contribution in [2.24, 2.45) is 7.05 Å². The zero-order chi connectivity index (χ0) is 13.8. The molecule has 2 aromatic rings. The number of nitrogens with one attached hydrogen (secondary N) is 1. The average Bonchev–Trinajstić information content (AvgIpc) is 2.66. The van der Waals surface area contributed by atoms with E-state index >= 15 is 0 Å². The molecule has 0 bridgehead atoms. The van der Waals surface area contributed by atoms with Crippen molar-refractivity contribution >= 4 is 0 Å². The van der Waals surface area contributed by atoms with Gasteiger partial charge < -0.3 is 5.32 Å². The Morgan fingerprint density at radius 3 is 2.47 bits per heavy atom. The van der Waals surface area contributed by atoms with Gasteiger partial charge in [-0.25, -0.2) is 0 Å². The van der Waals surface area contributed by atoms with E-state index in [4.69, 9.17) is 0 Å². The van der Waals surface area contributed by atoms with Crippen LogP contribution in [-0.4, -0.2) is 16.3 Å². The summed E-state index contributed by atoms with van der Waals surface area (Å²) in [4.78, 5) is 0. The first kappa shape index (κ1) is 13.8. The second kappa shape index (κ2) is 6.02. The summed E-state index contributed by atoms with van der Waals surface area (Å²) in [6.45, 7) is 8.33. The van der Waals surface area contributed by atoms with E-state index in [0.717, 1.165) is 18.8 Å². The molecule has 1 aromatic carbocycles. The maximum Gasteiger partial charge on any atom is 0.0641 e. The smallest absolute Gasteiger partial charge is 0.0641 e. The van der Waals surface area contributed by atoms with Crippen molar-refractivity contribution in [1.82, 2.24) is 15.1 Å². The number of nitrogens with zero attached hydrogens (tertiary/aromatic N) is 2. The van der Waals surface area contributed by atoms with Crippen LogP contribution in [0.3, 0.4) is 0 Å². The molecule has 0 spiro atoms. The summed E-state index contributed by atoms with van der Waals surface area (Å²) >= 11 is 0. The Morgan fingerprint density at radius 1 is 1.21 bits per heavy atom. The molecule has 0 amide bonds. The molecule has 2 rings (SSSR count). The second-order valence-electron chi connectivity index (χ2n) is 5.22. The molecule has 1 heterocycles. The molecule has 1 aromatic heterocycles. The first-order valence-electron chi connectivity index (χ1n) is 6.84. The lowest BCUT2D eigenvalue weighted by atomic mass is 10.0. The molecule has 3 heteroatoms. The van der Waals surface area contributed by atoms with Gasteiger partial charge in [-0.15, -0.1) is 0 Å². The molecule has 3 nitrogen and oxygen atoms in total. The van der Waals surface area contributed by atoms with E-state index in [1.165, 1.54) is 16.8 Å². The van der Waals surface area contributed by atoms with Gasteiger partial charge in [-0.2, -0.15) is 5.10 Å². The highest BCUT2D eigenvalue weighted by atomic mass is 15.3. The van der Waals surface area contributed by atoms with Crippen LogP contribution >= 0.6 is 0 Å². The molecule has 1 unspecified atom stereocenters. The first-order valence-corrected chi connectivity index (χ1v) is 6.84. The Hall–Kier alpha value is -1.61. The van der Waals surface area contributed by atoms with E-state index in [2.05, 4.69) is 61.5 Å². The quantitative estimate of drug-likeness (QED) is 0.892. The molecule has 0 aliphatic carbocycles. The Balaban J connectivity index is 1.90. The van der Waals surface area contributed by atoms with E-state index in [9.17, 15) is 0 Å². The predicted molar refractivity (Wildman–Crippen MR) is 79.2 cm³/mol. The van der Waals surface area contributed by atoms with Gasteiger partial charge >= 0.3 is 0 Å². The molecule has 0 saturated heterocycles. The Bertz CT molecular complexity index is 528. The number of hydrogen-bond acceptors (Lipinski definition) is 2. The molecule has 1 N–H and O–H groups in total. The SMILES string of the molecule is Cc1nn(C)c(C)c1CNCC(C)c1ccccc1. The van der Waals surface area contributed by atoms with Crippen molar-refractivity contribution in [3.63, 3.8) is 0 Å². The maximum atomic E-state index is 4.44. The largest absolute Gasteiger partial charge is 0.312 e. The minimum Gasteiger partial charge on any atom is -0.312 e. The fourth-order valence-electron chi connectivity index (χ4n) is 2.39. The van der Waals surface area contributed by atoms with Gasteiger partial charge in [-0.3, -0.25) is 4.68 Å². The van der Waals surface area contributed by atoms with E-state index in [0.29, 0.717) is 5.92 Å². The molecular formula is C16H23N3. The summed E-state index contributed by atoms with van der Waals surface area (Å²) in [5.74, 6) is 0.526. The molecule has 0 fully saturated rings. The van der Waals surface area contributed by atoms with Crippen LogP contribution in [0.15, 0.2) is 30.3 Å². The van der Waals surface area contributed by atoms with E-state index in [1.807, 2.05) is 11.7 Å². The number of benzene rings is 1. The Kier molecular flexibility index (Phi) is 4.38. The van der Waals surface area contributed by atoms with E-state index < -0.39 is 0 Å². The minimum absolute atomic E-state index is 0.526. The molecule has 1 atom stereocenters. The van der Waals surface area contributed by atoms with Gasteiger partial charge in [-0.1, -0.05) is 37.3 Å². The third-order valence-corrected chi connectivity index (χ3v) is 3.78. The molecule has 0 aliphatic rings. The lowest BCUT2D eigenvalue weighted by Gasteiger charge is -2.13. The monoisotopic (exact) mass is 257 g/mol. The minimum atomic E-state index is 0.526. The van der Waals surface area contributed by atoms with E-state index in [-0.39, 0.29) is 0 Å². The topological polar surface area (TPSA) is 29.9 Å². The highest BCUT2D eigenvalue weighted by Crippen LogP contribution is 2.15. The van der Waals surface area contributed by atoms with Gasteiger partial charge in [0.1, 0.15) is 0 Å². The molecule has 0 aliphatic heterocycles. The van der Waals surface area contributed by atoms with Crippen LogP contribution in [0.4, 0.5) is 0 Å². The summed E-state index contributed by atoms with van der Waals surface area (Å²) in [7, 11) is 2.00. The Morgan fingerprint density at radius 2 is 1.89 bits per heavy atom. The average molecular weight is 257 g/mol. The van der Waals surface area contributed by atoms with Crippen LogP contribution in [0.5, 0.6) is 0 Å². The van der Waals surface area contributed by atoms with Gasteiger partial charge in [0.05, 0.1) is 5.69 Å². The number of aromatic nitrogens is 2. The van der Waals surface area contributed by atoms with Crippen molar-refractivity contribution in [3.05, 3.63) is 52.8 Å². The molecule has 102 valence electrons. The van der Waals surface area contributed by atoms with Crippen molar-refractivity contribution < 1.29 is 0 Å². The van der Waals surface area contributed by atoms with Crippen LogP contribution in [0, 0.1) is 13.8 Å². The fraction of sp³-hybridized carbons (Fsp3) is 0.438.